The zero-order chi connectivity index (χ0) is 18.2. The number of hydrogen-bond donors (Lipinski definition) is 1. The van der Waals surface area contributed by atoms with E-state index in [4.69, 9.17) is 0 Å². The number of anilines is 1. The molecular formula is C17H20N2O5S. The molecule has 3 rings (SSSR count). The number of nitrogens with one attached hydrogen (secondary N) is 1. The highest BCUT2D eigenvalue weighted by atomic mass is 32.2. The van der Waals surface area contributed by atoms with Crippen molar-refractivity contribution in [1.29, 1.82) is 0 Å². The van der Waals surface area contributed by atoms with E-state index >= 15 is 0 Å². The summed E-state index contributed by atoms with van der Waals surface area (Å²) in [5.41, 5.74) is 0.411. The minimum atomic E-state index is -3.30. The van der Waals surface area contributed by atoms with Crippen LogP contribution in [0.25, 0.3) is 0 Å². The molecule has 2 aliphatic rings. The normalized spacial score (nSPS) is 23.5. The average Bonchev–Trinajstić information content (AvgIpc) is 2.80. The number of carbonyl (C=O) groups excluding carboxylic acids is 3. The molecule has 1 saturated heterocycles. The molecule has 1 aromatic carbocycles. The Labute approximate surface area is 146 Å². The monoisotopic (exact) mass is 364 g/mol. The number of amides is 3. The van der Waals surface area contributed by atoms with Crippen LogP contribution in [-0.2, 0) is 24.2 Å². The Morgan fingerprint density at radius 2 is 1.60 bits per heavy atom. The fraction of sp³-hybridized carbons (Fsp3) is 0.471. The maximum atomic E-state index is 12.4. The van der Waals surface area contributed by atoms with Crippen LogP contribution in [0, 0.1) is 11.8 Å². The van der Waals surface area contributed by atoms with Crippen LogP contribution in [0.2, 0.25) is 0 Å². The molecule has 1 aliphatic carbocycles. The molecule has 0 bridgehead atoms. The first-order valence-electron chi connectivity index (χ1n) is 8.22. The Balaban J connectivity index is 1.64. The Bertz CT molecular complexity index is 792. The molecule has 0 spiro atoms. The van der Waals surface area contributed by atoms with Crippen molar-refractivity contribution in [3.05, 3.63) is 24.3 Å². The van der Waals surface area contributed by atoms with Gasteiger partial charge in [-0.2, -0.15) is 0 Å². The van der Waals surface area contributed by atoms with E-state index < -0.39 is 15.7 Å². The molecule has 3 amide bonds. The highest BCUT2D eigenvalue weighted by Gasteiger charge is 2.48. The number of hydrogen-bond acceptors (Lipinski definition) is 5. The van der Waals surface area contributed by atoms with Crippen molar-refractivity contribution in [2.45, 2.75) is 30.6 Å². The predicted molar refractivity (Wildman–Crippen MR) is 90.3 cm³/mol. The number of carbonyl (C=O) groups is 3. The van der Waals surface area contributed by atoms with Gasteiger partial charge in [0.2, 0.25) is 17.7 Å². The summed E-state index contributed by atoms with van der Waals surface area (Å²) >= 11 is 0. The van der Waals surface area contributed by atoms with Crippen molar-refractivity contribution in [2.75, 3.05) is 18.1 Å². The number of benzene rings is 1. The first-order valence-corrected chi connectivity index (χ1v) is 10.1. The molecule has 2 atom stereocenters. The standard InChI is InChI=1S/C17H20N2O5S/c1-25(23,24)12-8-6-11(7-9-12)18-15(20)10-19-16(21)13-4-2-3-5-14(13)17(19)22/h6-9,13-14H,2-5,10H2,1H3,(H,18,20)/t13-,14+. The summed E-state index contributed by atoms with van der Waals surface area (Å²) in [6, 6.07) is 5.74. The average molecular weight is 364 g/mol. The van der Waals surface area contributed by atoms with Gasteiger partial charge in [-0.05, 0) is 37.1 Å². The predicted octanol–water partition coefficient (Wildman–Crippen LogP) is 1.20. The number of sulfone groups is 1. The highest BCUT2D eigenvalue weighted by Crippen LogP contribution is 2.37. The van der Waals surface area contributed by atoms with Crippen LogP contribution in [0.5, 0.6) is 0 Å². The maximum absolute atomic E-state index is 12.4. The smallest absolute Gasteiger partial charge is 0.244 e. The largest absolute Gasteiger partial charge is 0.325 e. The van der Waals surface area contributed by atoms with Crippen LogP contribution in [-0.4, -0.2) is 43.8 Å². The van der Waals surface area contributed by atoms with Gasteiger partial charge in [-0.3, -0.25) is 19.3 Å². The van der Waals surface area contributed by atoms with Gasteiger partial charge in [0.25, 0.3) is 0 Å². The van der Waals surface area contributed by atoms with E-state index in [1.54, 1.807) is 0 Å². The van der Waals surface area contributed by atoms with Crippen molar-refractivity contribution in [3.63, 3.8) is 0 Å². The quantitative estimate of drug-likeness (QED) is 0.809. The van der Waals surface area contributed by atoms with E-state index in [2.05, 4.69) is 5.32 Å². The molecule has 134 valence electrons. The molecule has 1 saturated carbocycles. The lowest BCUT2D eigenvalue weighted by molar-refractivity contribution is -0.142. The van der Waals surface area contributed by atoms with E-state index in [0.717, 1.165) is 24.0 Å². The maximum Gasteiger partial charge on any atom is 0.244 e. The summed E-state index contributed by atoms with van der Waals surface area (Å²) < 4.78 is 22.8. The van der Waals surface area contributed by atoms with E-state index in [1.165, 1.54) is 24.3 Å². The Morgan fingerprint density at radius 1 is 1.08 bits per heavy atom. The van der Waals surface area contributed by atoms with Crippen molar-refractivity contribution in [3.8, 4) is 0 Å². The molecule has 25 heavy (non-hydrogen) atoms. The molecule has 7 nitrogen and oxygen atoms in total. The molecule has 0 aromatic heterocycles. The summed E-state index contributed by atoms with van der Waals surface area (Å²) in [7, 11) is -3.30. The number of imide groups is 1. The third kappa shape index (κ3) is 3.58. The van der Waals surface area contributed by atoms with Crippen molar-refractivity contribution in [1.82, 2.24) is 4.90 Å². The Kier molecular flexibility index (Phi) is 4.64. The number of fused-ring (bicyclic) bond motifs is 1. The lowest BCUT2D eigenvalue weighted by atomic mass is 9.81. The third-order valence-electron chi connectivity index (χ3n) is 4.80. The fourth-order valence-electron chi connectivity index (χ4n) is 3.52. The molecule has 8 heteroatoms. The van der Waals surface area contributed by atoms with Crippen LogP contribution in [0.15, 0.2) is 29.2 Å². The number of rotatable bonds is 4. The second-order valence-electron chi connectivity index (χ2n) is 6.60. The van der Waals surface area contributed by atoms with Crippen LogP contribution in [0.3, 0.4) is 0 Å². The SMILES string of the molecule is CS(=O)(=O)c1ccc(NC(=O)CN2C(=O)[C@H]3CCCC[C@H]3C2=O)cc1. The van der Waals surface area contributed by atoms with Gasteiger partial charge in [0, 0.05) is 11.9 Å². The van der Waals surface area contributed by atoms with Crippen molar-refractivity contribution >= 4 is 33.2 Å². The van der Waals surface area contributed by atoms with Gasteiger partial charge in [0.05, 0.1) is 16.7 Å². The minimum absolute atomic E-state index is 0.152. The minimum Gasteiger partial charge on any atom is -0.325 e. The first-order chi connectivity index (χ1) is 11.8. The van der Waals surface area contributed by atoms with E-state index in [0.29, 0.717) is 18.5 Å². The zero-order valence-electron chi connectivity index (χ0n) is 13.9. The molecule has 1 aliphatic heterocycles. The lowest BCUT2D eigenvalue weighted by Crippen LogP contribution is -2.38. The second kappa shape index (κ2) is 6.59. The van der Waals surface area contributed by atoms with Gasteiger partial charge in [-0.1, -0.05) is 12.8 Å². The van der Waals surface area contributed by atoms with E-state index in [9.17, 15) is 22.8 Å². The molecule has 0 unspecified atom stereocenters. The molecule has 2 fully saturated rings. The summed E-state index contributed by atoms with van der Waals surface area (Å²) in [6.45, 7) is -0.307. The molecule has 1 heterocycles. The second-order valence-corrected chi connectivity index (χ2v) is 8.62. The van der Waals surface area contributed by atoms with E-state index in [1.807, 2.05) is 0 Å². The Morgan fingerprint density at radius 3 is 2.08 bits per heavy atom. The summed E-state index contributed by atoms with van der Waals surface area (Å²) in [4.78, 5) is 38.1. The highest BCUT2D eigenvalue weighted by molar-refractivity contribution is 7.90. The third-order valence-corrected chi connectivity index (χ3v) is 5.93. The zero-order valence-corrected chi connectivity index (χ0v) is 14.7. The molecule has 1 aromatic rings. The summed E-state index contributed by atoms with van der Waals surface area (Å²) in [5, 5.41) is 2.59. The lowest BCUT2D eigenvalue weighted by Gasteiger charge is -2.19. The van der Waals surface area contributed by atoms with Crippen LogP contribution >= 0.6 is 0 Å². The van der Waals surface area contributed by atoms with Gasteiger partial charge >= 0.3 is 0 Å². The number of nitrogens with zero attached hydrogens (tertiary/aromatic N) is 1. The van der Waals surface area contributed by atoms with Gasteiger partial charge in [-0.15, -0.1) is 0 Å². The van der Waals surface area contributed by atoms with Gasteiger partial charge in [-0.25, -0.2) is 8.42 Å². The molecule has 0 radical (unpaired) electrons. The van der Waals surface area contributed by atoms with Crippen LogP contribution in [0.1, 0.15) is 25.7 Å². The molecular weight excluding hydrogens is 344 g/mol. The van der Waals surface area contributed by atoms with Gasteiger partial charge in [0.1, 0.15) is 6.54 Å². The summed E-state index contributed by atoms with van der Waals surface area (Å²) in [5.74, 6) is -1.53. The van der Waals surface area contributed by atoms with Gasteiger partial charge in [0.15, 0.2) is 9.84 Å². The van der Waals surface area contributed by atoms with Gasteiger partial charge < -0.3 is 5.32 Å². The Hall–Kier alpha value is -2.22. The van der Waals surface area contributed by atoms with E-state index in [-0.39, 0.29) is 35.1 Å². The van der Waals surface area contributed by atoms with Crippen LogP contribution < -0.4 is 5.32 Å². The topological polar surface area (TPSA) is 101 Å². The molecule has 1 N–H and O–H groups in total. The van der Waals surface area contributed by atoms with Crippen LogP contribution in [0.4, 0.5) is 5.69 Å². The fourth-order valence-corrected chi connectivity index (χ4v) is 4.15. The number of likely N-dealkylation sites (tertiary alicyclic amines) is 1. The summed E-state index contributed by atoms with van der Waals surface area (Å²) in [6.07, 6.45) is 4.39. The van der Waals surface area contributed by atoms with Crippen molar-refractivity contribution in [2.24, 2.45) is 11.8 Å². The van der Waals surface area contributed by atoms with Crippen molar-refractivity contribution < 1.29 is 22.8 Å². The first kappa shape index (κ1) is 17.6.